The SMILES string of the molecule is Cc1cn([C@H]2[CH-][C@H](O)C(CO)=C2F)c(=O)nc1N.[Y]. The van der Waals surface area contributed by atoms with Crippen molar-refractivity contribution in [2.24, 2.45) is 0 Å². The van der Waals surface area contributed by atoms with Gasteiger partial charge in [0, 0.05) is 44.5 Å². The minimum atomic E-state index is -1.20. The number of rotatable bonds is 2. The zero-order valence-corrected chi connectivity index (χ0v) is 13.1. The molecule has 0 saturated heterocycles. The Kier molecular flexibility index (Phi) is 5.37. The predicted molar refractivity (Wildman–Crippen MR) is 62.2 cm³/mol. The zero-order valence-electron chi connectivity index (χ0n) is 10.2. The number of aliphatic hydroxyl groups excluding tert-OH is 2. The van der Waals surface area contributed by atoms with Crippen molar-refractivity contribution < 1.29 is 47.3 Å². The van der Waals surface area contributed by atoms with Crippen LogP contribution in [0.2, 0.25) is 0 Å². The number of aliphatic hydroxyl groups is 2. The van der Waals surface area contributed by atoms with Gasteiger partial charge in [0.15, 0.2) is 0 Å². The summed E-state index contributed by atoms with van der Waals surface area (Å²) in [5, 5.41) is 18.5. The quantitative estimate of drug-likeness (QED) is 0.627. The van der Waals surface area contributed by atoms with Crippen LogP contribution in [0, 0.1) is 13.3 Å². The normalized spacial score (nSPS) is 22.5. The van der Waals surface area contributed by atoms with Crippen LogP contribution >= 0.6 is 0 Å². The predicted octanol–water partition coefficient (Wildman–Crippen LogP) is -0.533. The molecule has 0 fully saturated rings. The minimum Gasteiger partial charge on any atom is -0.421 e. The number of nitrogen functional groups attached to an aromatic ring is 1. The molecule has 4 N–H and O–H groups in total. The Morgan fingerprint density at radius 3 is 2.79 bits per heavy atom. The van der Waals surface area contributed by atoms with Gasteiger partial charge in [0.2, 0.25) is 0 Å². The maximum absolute atomic E-state index is 13.9. The smallest absolute Gasteiger partial charge is 0.347 e. The van der Waals surface area contributed by atoms with E-state index in [9.17, 15) is 14.3 Å². The van der Waals surface area contributed by atoms with Crippen LogP contribution in [0.1, 0.15) is 11.6 Å². The molecule has 1 aromatic heterocycles. The maximum Gasteiger partial charge on any atom is 0.347 e. The molecule has 1 aromatic rings. The zero-order chi connectivity index (χ0) is 13.4. The van der Waals surface area contributed by atoms with Gasteiger partial charge in [-0.3, -0.25) is 6.42 Å². The van der Waals surface area contributed by atoms with E-state index in [-0.39, 0.29) is 44.1 Å². The van der Waals surface area contributed by atoms with Gasteiger partial charge >= 0.3 is 5.69 Å². The summed E-state index contributed by atoms with van der Waals surface area (Å²) < 4.78 is 14.9. The second kappa shape index (κ2) is 6.22. The summed E-state index contributed by atoms with van der Waals surface area (Å²) in [5.74, 6) is -0.653. The summed E-state index contributed by atoms with van der Waals surface area (Å²) in [6.45, 7) is 1.04. The Morgan fingerprint density at radius 2 is 2.26 bits per heavy atom. The number of aryl methyl sites for hydroxylation is 1. The molecule has 0 aliphatic heterocycles. The molecular weight excluding hydrogens is 330 g/mol. The van der Waals surface area contributed by atoms with Crippen LogP contribution < -0.4 is 11.4 Å². The van der Waals surface area contributed by atoms with E-state index >= 15 is 0 Å². The van der Waals surface area contributed by atoms with Gasteiger partial charge in [-0.1, -0.05) is 0 Å². The molecule has 1 aliphatic rings. The Morgan fingerprint density at radius 1 is 1.63 bits per heavy atom. The van der Waals surface area contributed by atoms with Gasteiger partial charge in [0.1, 0.15) is 5.82 Å². The van der Waals surface area contributed by atoms with E-state index in [1.54, 1.807) is 6.92 Å². The van der Waals surface area contributed by atoms with Gasteiger partial charge in [-0.15, -0.1) is 0 Å². The number of nitrogens with zero attached hydrogens (tertiary/aromatic N) is 2. The number of aromatic nitrogens is 2. The summed E-state index contributed by atoms with van der Waals surface area (Å²) in [5.41, 5.74) is 5.16. The van der Waals surface area contributed by atoms with E-state index in [1.807, 2.05) is 0 Å². The van der Waals surface area contributed by atoms with Crippen molar-refractivity contribution in [2.45, 2.75) is 19.1 Å². The monoisotopic (exact) mass is 343 g/mol. The topological polar surface area (TPSA) is 101 Å². The summed E-state index contributed by atoms with van der Waals surface area (Å²) in [4.78, 5) is 15.2. The average Bonchev–Trinajstić information content (AvgIpc) is 2.59. The van der Waals surface area contributed by atoms with Gasteiger partial charge in [-0.2, -0.15) is 4.98 Å². The van der Waals surface area contributed by atoms with Crippen molar-refractivity contribution in [3.63, 3.8) is 0 Å². The number of halogens is 1. The minimum absolute atomic E-state index is 0. The van der Waals surface area contributed by atoms with Gasteiger partial charge in [0.05, 0.1) is 12.4 Å². The summed E-state index contributed by atoms with van der Waals surface area (Å²) >= 11 is 0. The number of anilines is 1. The first-order valence-electron chi connectivity index (χ1n) is 5.33. The Labute approximate surface area is 134 Å². The molecule has 0 saturated carbocycles. The van der Waals surface area contributed by atoms with Crippen LogP contribution in [-0.4, -0.2) is 32.5 Å². The van der Waals surface area contributed by atoms with Crippen molar-refractivity contribution in [3.8, 4) is 0 Å². The molecular formula is C11H13FN3O3Y-. The largest absolute Gasteiger partial charge is 0.421 e. The van der Waals surface area contributed by atoms with Crippen LogP contribution in [0.25, 0.3) is 0 Å². The fourth-order valence-corrected chi connectivity index (χ4v) is 1.87. The Bertz CT molecular complexity index is 573. The van der Waals surface area contributed by atoms with Gasteiger partial charge in [-0.05, 0) is 24.6 Å². The number of nitrogens with two attached hydrogens (primary N) is 1. The maximum atomic E-state index is 13.9. The fourth-order valence-electron chi connectivity index (χ4n) is 1.87. The molecule has 2 rings (SSSR count). The second-order valence-electron chi connectivity index (χ2n) is 4.11. The van der Waals surface area contributed by atoms with Gasteiger partial charge in [-0.25, -0.2) is 9.18 Å². The van der Waals surface area contributed by atoms with Crippen molar-refractivity contribution in [2.75, 3.05) is 12.3 Å². The van der Waals surface area contributed by atoms with Gasteiger partial charge in [0.25, 0.3) is 0 Å². The molecule has 1 radical (unpaired) electrons. The van der Waals surface area contributed by atoms with E-state index in [2.05, 4.69) is 4.98 Å². The van der Waals surface area contributed by atoms with Crippen LogP contribution in [0.5, 0.6) is 0 Å². The van der Waals surface area contributed by atoms with E-state index in [4.69, 9.17) is 10.8 Å². The molecule has 0 aromatic carbocycles. The molecule has 8 heteroatoms. The van der Waals surface area contributed by atoms with Crippen LogP contribution in [-0.2, 0) is 32.7 Å². The Hall–Kier alpha value is -0.626. The summed E-state index contributed by atoms with van der Waals surface area (Å²) in [6, 6.07) is -1.05. The number of hydrogen-bond donors (Lipinski definition) is 3. The molecule has 6 nitrogen and oxygen atoms in total. The van der Waals surface area contributed by atoms with Crippen LogP contribution in [0.4, 0.5) is 10.2 Å². The summed E-state index contributed by atoms with van der Waals surface area (Å²) in [7, 11) is 0. The van der Waals surface area contributed by atoms with Crippen molar-refractivity contribution in [1.29, 1.82) is 0 Å². The third-order valence-corrected chi connectivity index (χ3v) is 2.93. The molecule has 1 aliphatic carbocycles. The third kappa shape index (κ3) is 2.94. The van der Waals surface area contributed by atoms with Crippen molar-refractivity contribution in [3.05, 3.63) is 40.1 Å². The summed E-state index contributed by atoms with van der Waals surface area (Å²) in [6.07, 6.45) is 1.39. The van der Waals surface area contributed by atoms with E-state index < -0.39 is 30.3 Å². The number of allylic oxidation sites excluding steroid dienone is 1. The Balaban J connectivity index is 0.00000180. The molecule has 0 unspecified atom stereocenters. The van der Waals surface area contributed by atoms with Crippen molar-refractivity contribution >= 4 is 5.82 Å². The molecule has 2 atom stereocenters. The second-order valence-corrected chi connectivity index (χ2v) is 4.11. The average molecular weight is 343 g/mol. The first kappa shape index (κ1) is 16.4. The first-order valence-corrected chi connectivity index (χ1v) is 5.33. The standard InChI is InChI=1S/C11H13FN3O3.Y/c1-5-3-15(11(18)14-10(5)13)7-2-8(17)6(4-16)9(7)12;/h2-3,7-8,16-17H,4H2,1H3,(H2,13,14,18);/q-1;/t7-,8-;/m0./s1. The molecule has 1 heterocycles. The number of hydrogen-bond acceptors (Lipinski definition) is 5. The molecule has 0 spiro atoms. The van der Waals surface area contributed by atoms with Gasteiger partial charge < -0.3 is 20.5 Å². The first-order chi connectivity index (χ1) is 8.45. The third-order valence-electron chi connectivity index (χ3n) is 2.93. The van der Waals surface area contributed by atoms with E-state index in [0.717, 1.165) is 4.57 Å². The van der Waals surface area contributed by atoms with E-state index in [1.165, 1.54) is 12.6 Å². The molecule has 0 amide bonds. The van der Waals surface area contributed by atoms with Crippen LogP contribution in [0.3, 0.4) is 0 Å². The van der Waals surface area contributed by atoms with E-state index in [0.29, 0.717) is 5.56 Å². The molecule has 101 valence electrons. The van der Waals surface area contributed by atoms with Crippen LogP contribution in [0.15, 0.2) is 22.4 Å². The van der Waals surface area contributed by atoms with Crippen molar-refractivity contribution in [1.82, 2.24) is 9.55 Å². The fraction of sp³-hybridized carbons (Fsp3) is 0.364. The molecule has 0 bridgehead atoms. The molecule has 19 heavy (non-hydrogen) atoms.